The predicted molar refractivity (Wildman–Crippen MR) is 71.7 cm³/mol. The second-order valence-electron chi connectivity index (χ2n) is 4.71. The topological polar surface area (TPSA) is 46.3 Å². The Balaban J connectivity index is 2.95. The summed E-state index contributed by atoms with van der Waals surface area (Å²) in [5.74, 6) is 0.379. The summed E-state index contributed by atoms with van der Waals surface area (Å²) in [7, 11) is 3.59. The largest absolute Gasteiger partial charge is 0.399 e. The lowest BCUT2D eigenvalue weighted by molar-refractivity contribution is -0.133. The lowest BCUT2D eigenvalue weighted by Gasteiger charge is -2.25. The molecule has 0 aliphatic heterocycles. The highest BCUT2D eigenvalue weighted by molar-refractivity contribution is 5.79. The van der Waals surface area contributed by atoms with Crippen LogP contribution in [0.2, 0.25) is 0 Å². The van der Waals surface area contributed by atoms with Crippen molar-refractivity contribution in [3.63, 3.8) is 0 Å². The average molecular weight is 234 g/mol. The van der Waals surface area contributed by atoms with Crippen LogP contribution < -0.4 is 5.73 Å². The van der Waals surface area contributed by atoms with Gasteiger partial charge in [-0.1, -0.05) is 26.0 Å². The van der Waals surface area contributed by atoms with Crippen LogP contribution >= 0.6 is 0 Å². The van der Waals surface area contributed by atoms with Crippen LogP contribution in [0, 0.1) is 5.92 Å². The smallest absolute Gasteiger partial charge is 0.225 e. The highest BCUT2D eigenvalue weighted by Crippen LogP contribution is 2.29. The molecule has 2 N–H and O–H groups in total. The molecule has 0 aliphatic rings. The molecule has 17 heavy (non-hydrogen) atoms. The van der Waals surface area contributed by atoms with Crippen LogP contribution in [0.3, 0.4) is 0 Å². The van der Waals surface area contributed by atoms with Crippen LogP contribution in [-0.4, -0.2) is 24.9 Å². The molecule has 0 aliphatic carbocycles. The fraction of sp³-hybridized carbons (Fsp3) is 0.500. The van der Waals surface area contributed by atoms with Crippen LogP contribution in [0.4, 0.5) is 5.69 Å². The summed E-state index contributed by atoms with van der Waals surface area (Å²) >= 11 is 0. The Kier molecular flexibility index (Phi) is 4.55. The third-order valence-electron chi connectivity index (χ3n) is 3.21. The summed E-state index contributed by atoms with van der Waals surface area (Å²) in [6.07, 6.45) is 0.935. The third kappa shape index (κ3) is 3.22. The maximum absolute atomic E-state index is 12.0. The van der Waals surface area contributed by atoms with Crippen LogP contribution in [0.15, 0.2) is 24.3 Å². The lowest BCUT2D eigenvalue weighted by Crippen LogP contribution is -2.31. The standard InChI is InChI=1S/C14H22N2O/c1-5-13(10(2)14(17)16(3)4)11-7-6-8-12(15)9-11/h6-10,13H,5,15H2,1-4H3. The molecule has 0 heterocycles. The van der Waals surface area contributed by atoms with E-state index in [1.165, 1.54) is 0 Å². The highest BCUT2D eigenvalue weighted by Gasteiger charge is 2.25. The average Bonchev–Trinajstić information content (AvgIpc) is 2.28. The van der Waals surface area contributed by atoms with Crippen molar-refractivity contribution in [2.45, 2.75) is 26.2 Å². The Morgan fingerprint density at radius 3 is 2.53 bits per heavy atom. The van der Waals surface area contributed by atoms with E-state index in [9.17, 15) is 4.79 Å². The summed E-state index contributed by atoms with van der Waals surface area (Å²) in [4.78, 5) is 13.6. The molecule has 0 bridgehead atoms. The molecule has 0 fully saturated rings. The molecule has 3 heteroatoms. The van der Waals surface area contributed by atoms with Crippen molar-refractivity contribution in [1.82, 2.24) is 4.90 Å². The van der Waals surface area contributed by atoms with Crippen LogP contribution in [0.1, 0.15) is 31.7 Å². The minimum atomic E-state index is -0.0169. The molecule has 1 aromatic carbocycles. The molecule has 1 amide bonds. The van der Waals surface area contributed by atoms with E-state index in [0.29, 0.717) is 0 Å². The molecule has 0 saturated carbocycles. The molecule has 94 valence electrons. The van der Waals surface area contributed by atoms with E-state index in [0.717, 1.165) is 17.7 Å². The summed E-state index contributed by atoms with van der Waals surface area (Å²) in [6.45, 7) is 4.09. The molecular weight excluding hydrogens is 212 g/mol. The van der Waals surface area contributed by atoms with Gasteiger partial charge >= 0.3 is 0 Å². The Labute approximate surface area is 104 Å². The monoisotopic (exact) mass is 234 g/mol. The van der Waals surface area contributed by atoms with Gasteiger partial charge in [0.2, 0.25) is 5.91 Å². The molecule has 2 unspecified atom stereocenters. The molecule has 0 radical (unpaired) electrons. The Morgan fingerprint density at radius 2 is 2.06 bits per heavy atom. The van der Waals surface area contributed by atoms with Crippen molar-refractivity contribution < 1.29 is 4.79 Å². The molecule has 0 spiro atoms. The van der Waals surface area contributed by atoms with Gasteiger partial charge in [0.25, 0.3) is 0 Å². The van der Waals surface area contributed by atoms with Gasteiger partial charge in [0, 0.05) is 25.7 Å². The molecular formula is C14H22N2O. The van der Waals surface area contributed by atoms with Gasteiger partial charge in [-0.3, -0.25) is 4.79 Å². The zero-order valence-electron chi connectivity index (χ0n) is 11.1. The third-order valence-corrected chi connectivity index (χ3v) is 3.21. The fourth-order valence-electron chi connectivity index (χ4n) is 2.25. The van der Waals surface area contributed by atoms with Crippen LogP contribution in [0.5, 0.6) is 0 Å². The summed E-state index contributed by atoms with van der Waals surface area (Å²) in [5.41, 5.74) is 7.70. The van der Waals surface area contributed by atoms with Gasteiger partial charge in [0.1, 0.15) is 0 Å². The number of carbonyl (C=O) groups is 1. The van der Waals surface area contributed by atoms with Gasteiger partial charge in [0.05, 0.1) is 0 Å². The van der Waals surface area contributed by atoms with E-state index in [1.807, 2.05) is 31.2 Å². The van der Waals surface area contributed by atoms with Gasteiger partial charge in [-0.05, 0) is 30.0 Å². The maximum atomic E-state index is 12.0. The first-order valence-corrected chi connectivity index (χ1v) is 6.04. The van der Waals surface area contributed by atoms with Gasteiger partial charge in [-0.15, -0.1) is 0 Å². The first kappa shape index (κ1) is 13.6. The number of nitrogen functional groups attached to an aromatic ring is 1. The number of rotatable bonds is 4. The number of hydrogen-bond donors (Lipinski definition) is 1. The summed E-state index contributed by atoms with van der Waals surface area (Å²) < 4.78 is 0. The zero-order valence-corrected chi connectivity index (χ0v) is 11.1. The van der Waals surface area contributed by atoms with Crippen molar-refractivity contribution in [2.75, 3.05) is 19.8 Å². The number of nitrogens with zero attached hydrogens (tertiary/aromatic N) is 1. The van der Waals surface area contributed by atoms with Crippen molar-refractivity contribution in [3.8, 4) is 0 Å². The normalized spacial score (nSPS) is 14.1. The summed E-state index contributed by atoms with van der Waals surface area (Å²) in [6, 6.07) is 7.83. The maximum Gasteiger partial charge on any atom is 0.225 e. The lowest BCUT2D eigenvalue weighted by atomic mass is 9.84. The number of nitrogens with two attached hydrogens (primary N) is 1. The number of anilines is 1. The number of benzene rings is 1. The zero-order chi connectivity index (χ0) is 13.0. The van der Waals surface area contributed by atoms with Crippen LogP contribution in [0.25, 0.3) is 0 Å². The fourth-order valence-corrected chi connectivity index (χ4v) is 2.25. The van der Waals surface area contributed by atoms with Gasteiger partial charge in [-0.2, -0.15) is 0 Å². The van der Waals surface area contributed by atoms with Gasteiger partial charge in [-0.25, -0.2) is 0 Å². The minimum Gasteiger partial charge on any atom is -0.399 e. The SMILES string of the molecule is CCC(c1cccc(N)c1)C(C)C(=O)N(C)C. The second kappa shape index (κ2) is 5.71. The van der Waals surface area contributed by atoms with Crippen molar-refractivity contribution >= 4 is 11.6 Å². The number of hydrogen-bond acceptors (Lipinski definition) is 2. The second-order valence-corrected chi connectivity index (χ2v) is 4.71. The Bertz CT molecular complexity index is 388. The number of carbonyl (C=O) groups excluding carboxylic acids is 1. The number of amides is 1. The minimum absolute atomic E-state index is 0.0169. The van der Waals surface area contributed by atoms with E-state index in [-0.39, 0.29) is 17.7 Å². The first-order valence-electron chi connectivity index (χ1n) is 6.04. The first-order chi connectivity index (χ1) is 7.97. The summed E-state index contributed by atoms with van der Waals surface area (Å²) in [5, 5.41) is 0. The quantitative estimate of drug-likeness (QED) is 0.814. The molecule has 0 saturated heterocycles. The van der Waals surface area contributed by atoms with E-state index in [2.05, 4.69) is 6.92 Å². The molecule has 2 atom stereocenters. The molecule has 1 rings (SSSR count). The molecule has 0 aromatic heterocycles. The van der Waals surface area contributed by atoms with Gasteiger partial charge in [0.15, 0.2) is 0 Å². The van der Waals surface area contributed by atoms with E-state index >= 15 is 0 Å². The van der Waals surface area contributed by atoms with Crippen molar-refractivity contribution in [1.29, 1.82) is 0 Å². The van der Waals surface area contributed by atoms with E-state index < -0.39 is 0 Å². The predicted octanol–water partition coefficient (Wildman–Crippen LogP) is 2.49. The van der Waals surface area contributed by atoms with E-state index in [4.69, 9.17) is 5.73 Å². The van der Waals surface area contributed by atoms with Crippen LogP contribution in [-0.2, 0) is 4.79 Å². The highest BCUT2D eigenvalue weighted by atomic mass is 16.2. The Hall–Kier alpha value is -1.51. The molecule has 1 aromatic rings. The van der Waals surface area contributed by atoms with Gasteiger partial charge < -0.3 is 10.6 Å². The van der Waals surface area contributed by atoms with Crippen molar-refractivity contribution in [3.05, 3.63) is 29.8 Å². The van der Waals surface area contributed by atoms with Crippen molar-refractivity contribution in [2.24, 2.45) is 5.92 Å². The Morgan fingerprint density at radius 1 is 1.41 bits per heavy atom. The molecule has 3 nitrogen and oxygen atoms in total. The van der Waals surface area contributed by atoms with E-state index in [1.54, 1.807) is 19.0 Å².